The minimum Gasteiger partial charge on any atom is -0.331 e. The molecule has 0 saturated heterocycles. The molecular formula is C25H27N3O2S. The topological polar surface area (TPSA) is 64.0 Å². The average Bonchev–Trinajstić information content (AvgIpc) is 3.02. The Hall–Kier alpha value is -3.12. The summed E-state index contributed by atoms with van der Waals surface area (Å²) in [5.41, 5.74) is 6.39. The zero-order valence-electron chi connectivity index (χ0n) is 18.3. The Morgan fingerprint density at radius 2 is 1.55 bits per heavy atom. The first-order valence-corrected chi connectivity index (χ1v) is 11.8. The molecule has 0 bridgehead atoms. The van der Waals surface area contributed by atoms with Gasteiger partial charge in [-0.1, -0.05) is 42.0 Å². The van der Waals surface area contributed by atoms with Crippen LogP contribution < -0.4 is 4.72 Å². The van der Waals surface area contributed by atoms with Crippen molar-refractivity contribution in [1.82, 2.24) is 9.55 Å². The molecule has 0 unspecified atom stereocenters. The number of imidazole rings is 1. The van der Waals surface area contributed by atoms with Crippen molar-refractivity contribution in [2.75, 3.05) is 4.72 Å². The van der Waals surface area contributed by atoms with E-state index in [4.69, 9.17) is 4.98 Å². The predicted molar refractivity (Wildman–Crippen MR) is 126 cm³/mol. The van der Waals surface area contributed by atoms with Crippen LogP contribution in [0.15, 0.2) is 65.6 Å². The Kier molecular flexibility index (Phi) is 5.58. The molecule has 4 aromatic rings. The van der Waals surface area contributed by atoms with Gasteiger partial charge in [-0.2, -0.15) is 0 Å². The molecule has 4 rings (SSSR count). The van der Waals surface area contributed by atoms with Crippen molar-refractivity contribution in [2.45, 2.75) is 38.5 Å². The maximum atomic E-state index is 13.0. The van der Waals surface area contributed by atoms with Gasteiger partial charge in [0.1, 0.15) is 5.82 Å². The third-order valence-corrected chi connectivity index (χ3v) is 7.28. The van der Waals surface area contributed by atoms with Crippen LogP contribution in [0, 0.1) is 20.8 Å². The van der Waals surface area contributed by atoms with Crippen LogP contribution in [0.5, 0.6) is 0 Å². The molecule has 0 aliphatic rings. The number of nitrogens with zero attached hydrogens (tertiary/aromatic N) is 2. The second kappa shape index (κ2) is 8.19. The molecule has 1 N–H and O–H groups in total. The van der Waals surface area contributed by atoms with Gasteiger partial charge in [0, 0.05) is 19.2 Å². The van der Waals surface area contributed by atoms with Gasteiger partial charge in [0.15, 0.2) is 0 Å². The summed E-state index contributed by atoms with van der Waals surface area (Å²) in [6.45, 7) is 5.63. The van der Waals surface area contributed by atoms with Gasteiger partial charge in [-0.3, -0.25) is 4.72 Å². The number of rotatable bonds is 6. The fourth-order valence-electron chi connectivity index (χ4n) is 4.21. The van der Waals surface area contributed by atoms with E-state index in [1.165, 1.54) is 0 Å². The van der Waals surface area contributed by atoms with Crippen LogP contribution in [0.3, 0.4) is 0 Å². The van der Waals surface area contributed by atoms with Gasteiger partial charge >= 0.3 is 0 Å². The predicted octanol–water partition coefficient (Wildman–Crippen LogP) is 5.08. The Labute approximate surface area is 183 Å². The van der Waals surface area contributed by atoms with Gasteiger partial charge in [0.05, 0.1) is 15.9 Å². The number of hydrogen-bond donors (Lipinski definition) is 1. The number of fused-ring (bicyclic) bond motifs is 1. The molecule has 31 heavy (non-hydrogen) atoms. The Balaban J connectivity index is 1.47. The van der Waals surface area contributed by atoms with Crippen LogP contribution >= 0.6 is 0 Å². The highest BCUT2D eigenvalue weighted by atomic mass is 32.2. The maximum absolute atomic E-state index is 13.0. The number of nitrogens with one attached hydrogen (secondary N) is 1. The normalized spacial score (nSPS) is 11.7. The van der Waals surface area contributed by atoms with E-state index in [0.29, 0.717) is 10.6 Å². The van der Waals surface area contributed by atoms with E-state index >= 15 is 0 Å². The van der Waals surface area contributed by atoms with Crippen LogP contribution in [0.4, 0.5) is 5.69 Å². The van der Waals surface area contributed by atoms with Crippen molar-refractivity contribution in [1.29, 1.82) is 0 Å². The van der Waals surface area contributed by atoms with E-state index in [9.17, 15) is 8.42 Å². The molecule has 0 saturated carbocycles. The first-order valence-electron chi connectivity index (χ1n) is 10.3. The Bertz CT molecular complexity index is 1330. The lowest BCUT2D eigenvalue weighted by atomic mass is 10.1. The summed E-state index contributed by atoms with van der Waals surface area (Å²) >= 11 is 0. The summed E-state index contributed by atoms with van der Waals surface area (Å²) in [6, 6.07) is 19.5. The summed E-state index contributed by atoms with van der Waals surface area (Å²) in [7, 11) is -1.60. The summed E-state index contributed by atoms with van der Waals surface area (Å²) in [6.07, 6.45) is 1.65. The Morgan fingerprint density at radius 3 is 2.19 bits per heavy atom. The molecule has 160 valence electrons. The summed E-state index contributed by atoms with van der Waals surface area (Å²) in [5, 5.41) is 0. The molecule has 0 fully saturated rings. The van der Waals surface area contributed by atoms with Crippen molar-refractivity contribution < 1.29 is 8.42 Å². The second-order valence-corrected chi connectivity index (χ2v) is 9.73. The minimum absolute atomic E-state index is 0.351. The largest absolute Gasteiger partial charge is 0.331 e. The van der Waals surface area contributed by atoms with Crippen molar-refractivity contribution >= 4 is 26.7 Å². The van der Waals surface area contributed by atoms with Gasteiger partial charge in [0.25, 0.3) is 10.0 Å². The standard InChI is InChI=1S/C25H27N3O2S/c1-17-15-18(2)25(19(3)16-17)31(29,30)27-21-12-9-20(10-13-21)11-14-24-26-22-7-5-6-8-23(22)28(24)4/h5-10,12-13,15-16,27H,11,14H2,1-4H3. The van der Waals surface area contributed by atoms with Crippen LogP contribution in [0.25, 0.3) is 11.0 Å². The van der Waals surface area contributed by atoms with E-state index in [0.717, 1.165) is 52.0 Å². The third kappa shape index (κ3) is 4.35. The second-order valence-electron chi connectivity index (χ2n) is 8.11. The third-order valence-electron chi connectivity index (χ3n) is 5.60. The lowest BCUT2D eigenvalue weighted by Crippen LogP contribution is -2.16. The number of benzene rings is 3. The number of aryl methyl sites for hydroxylation is 6. The highest BCUT2D eigenvalue weighted by molar-refractivity contribution is 7.92. The molecule has 6 heteroatoms. The molecule has 0 aliphatic carbocycles. The van der Waals surface area contributed by atoms with Gasteiger partial charge < -0.3 is 4.57 Å². The summed E-state index contributed by atoms with van der Waals surface area (Å²) in [5.74, 6) is 1.04. The average molecular weight is 434 g/mol. The molecular weight excluding hydrogens is 406 g/mol. The molecule has 1 heterocycles. The zero-order valence-corrected chi connectivity index (χ0v) is 19.1. The maximum Gasteiger partial charge on any atom is 0.262 e. The summed E-state index contributed by atoms with van der Waals surface area (Å²) < 4.78 is 30.7. The van der Waals surface area contributed by atoms with Gasteiger partial charge in [-0.15, -0.1) is 0 Å². The zero-order chi connectivity index (χ0) is 22.2. The molecule has 3 aromatic carbocycles. The molecule has 0 aliphatic heterocycles. The SMILES string of the molecule is Cc1cc(C)c(S(=O)(=O)Nc2ccc(CCc3nc4ccccc4n3C)cc2)c(C)c1. The number of sulfonamides is 1. The molecule has 0 atom stereocenters. The lowest BCUT2D eigenvalue weighted by Gasteiger charge is -2.14. The first-order chi connectivity index (χ1) is 14.7. The monoisotopic (exact) mass is 433 g/mol. The number of para-hydroxylation sites is 2. The van der Waals surface area contributed by atoms with Crippen molar-refractivity contribution in [2.24, 2.45) is 7.05 Å². The van der Waals surface area contributed by atoms with Crippen molar-refractivity contribution in [3.05, 3.63) is 88.7 Å². The van der Waals surface area contributed by atoms with E-state index in [1.54, 1.807) is 0 Å². The number of hydrogen-bond acceptors (Lipinski definition) is 3. The van der Waals surface area contributed by atoms with Gasteiger partial charge in [0.2, 0.25) is 0 Å². The highest BCUT2D eigenvalue weighted by Gasteiger charge is 2.20. The smallest absolute Gasteiger partial charge is 0.262 e. The molecule has 0 spiro atoms. The van der Waals surface area contributed by atoms with Crippen LogP contribution in [0.2, 0.25) is 0 Å². The van der Waals surface area contributed by atoms with Crippen LogP contribution in [-0.2, 0) is 29.9 Å². The van der Waals surface area contributed by atoms with E-state index < -0.39 is 10.0 Å². The fourth-order valence-corrected chi connectivity index (χ4v) is 5.73. The first kappa shape index (κ1) is 21.1. The molecule has 0 radical (unpaired) electrons. The van der Waals surface area contributed by atoms with Gasteiger partial charge in [-0.05, 0) is 68.1 Å². The van der Waals surface area contributed by atoms with Crippen LogP contribution in [0.1, 0.15) is 28.1 Å². The minimum atomic E-state index is -3.64. The quantitative estimate of drug-likeness (QED) is 0.461. The van der Waals surface area contributed by atoms with Crippen molar-refractivity contribution in [3.8, 4) is 0 Å². The molecule has 5 nitrogen and oxygen atoms in total. The summed E-state index contributed by atoms with van der Waals surface area (Å²) in [4.78, 5) is 5.07. The van der Waals surface area contributed by atoms with Gasteiger partial charge in [-0.25, -0.2) is 13.4 Å². The van der Waals surface area contributed by atoms with E-state index in [1.807, 2.05) is 82.4 Å². The Morgan fingerprint density at radius 1 is 0.903 bits per heavy atom. The number of aromatic nitrogens is 2. The lowest BCUT2D eigenvalue weighted by molar-refractivity contribution is 0.600. The van der Waals surface area contributed by atoms with Crippen LogP contribution in [-0.4, -0.2) is 18.0 Å². The molecule has 1 aromatic heterocycles. The number of anilines is 1. The fraction of sp³-hybridized carbons (Fsp3) is 0.240. The van der Waals surface area contributed by atoms with E-state index in [-0.39, 0.29) is 0 Å². The highest BCUT2D eigenvalue weighted by Crippen LogP contribution is 2.25. The van der Waals surface area contributed by atoms with E-state index in [2.05, 4.69) is 15.4 Å². The van der Waals surface area contributed by atoms with Crippen molar-refractivity contribution in [3.63, 3.8) is 0 Å². The molecule has 0 amide bonds.